The van der Waals surface area contributed by atoms with Crippen LogP contribution in [0.3, 0.4) is 0 Å². The summed E-state index contributed by atoms with van der Waals surface area (Å²) in [5, 5.41) is 0.303. The van der Waals surface area contributed by atoms with Gasteiger partial charge in [-0.15, -0.1) is 0 Å². The van der Waals surface area contributed by atoms with Gasteiger partial charge in [0, 0.05) is 12.2 Å². The van der Waals surface area contributed by atoms with Crippen molar-refractivity contribution < 1.29 is 18.4 Å². The summed E-state index contributed by atoms with van der Waals surface area (Å²) in [6, 6.07) is 0. The maximum absolute atomic E-state index is 12.2. The summed E-state index contributed by atoms with van der Waals surface area (Å²) in [6.45, 7) is 29.0. The Morgan fingerprint density at radius 2 is 1.25 bits per heavy atom. The van der Waals surface area contributed by atoms with Gasteiger partial charge in [-0.1, -0.05) is 48.5 Å². The van der Waals surface area contributed by atoms with Crippen LogP contribution < -0.4 is 0 Å². The number of carbonyl (C=O) groups excluding carboxylic acids is 1. The summed E-state index contributed by atoms with van der Waals surface area (Å²) in [5.41, 5.74) is 0. The van der Waals surface area contributed by atoms with E-state index in [1.54, 1.807) is 0 Å². The molecule has 28 heavy (non-hydrogen) atoms. The summed E-state index contributed by atoms with van der Waals surface area (Å²) in [6.07, 6.45) is 1.59. The normalized spacial score (nSPS) is 17.2. The minimum Gasteiger partial charge on any atom is -0.466 e. The van der Waals surface area contributed by atoms with E-state index in [0.717, 1.165) is 6.42 Å². The maximum atomic E-state index is 12.2. The summed E-state index contributed by atoms with van der Waals surface area (Å²) in [7, 11) is -3.79. The van der Waals surface area contributed by atoms with E-state index in [0.29, 0.717) is 13.0 Å². The molecule has 0 radical (unpaired) electrons. The van der Waals surface area contributed by atoms with Crippen LogP contribution in [0.4, 0.5) is 0 Å². The highest BCUT2D eigenvalue weighted by Gasteiger charge is 2.42. The van der Waals surface area contributed by atoms with Gasteiger partial charge in [-0.2, -0.15) is 0 Å². The van der Waals surface area contributed by atoms with Gasteiger partial charge in [0.05, 0.1) is 12.5 Å². The van der Waals surface area contributed by atoms with E-state index >= 15 is 0 Å². The zero-order valence-corrected chi connectivity index (χ0v) is 23.0. The van der Waals surface area contributed by atoms with Gasteiger partial charge in [-0.3, -0.25) is 4.79 Å². The van der Waals surface area contributed by atoms with Crippen LogP contribution in [-0.4, -0.2) is 41.4 Å². The highest BCUT2D eigenvalue weighted by atomic mass is 28.4. The van der Waals surface area contributed by atoms with Crippen molar-refractivity contribution >= 4 is 22.6 Å². The molecule has 0 saturated carbocycles. The molecule has 0 spiro atoms. The lowest BCUT2D eigenvalue weighted by atomic mass is 10.0. The second-order valence-electron chi connectivity index (χ2n) is 11.3. The van der Waals surface area contributed by atoms with Gasteiger partial charge < -0.3 is 13.6 Å². The fourth-order valence-corrected chi connectivity index (χ4v) is 5.49. The Morgan fingerprint density at radius 3 is 1.64 bits per heavy atom. The SMILES string of the molecule is CCOC(=O)[C@H](C)C[C@@H](C[C@@H](C)O[Si](C)(C)C(C)(C)C)O[Si](C)(C)C(C)(C)C. The first-order valence-corrected chi connectivity index (χ1v) is 16.7. The molecule has 0 fully saturated rings. The molecule has 0 rings (SSSR count). The number of hydrogen-bond donors (Lipinski definition) is 0. The predicted molar refractivity (Wildman–Crippen MR) is 125 cm³/mol. The fourth-order valence-electron chi connectivity index (χ4n) is 2.66. The monoisotopic (exact) mass is 432 g/mol. The second-order valence-corrected chi connectivity index (χ2v) is 20.8. The summed E-state index contributed by atoms with van der Waals surface area (Å²) in [4.78, 5) is 12.2. The molecule has 3 atom stereocenters. The molecule has 6 heteroatoms. The third kappa shape index (κ3) is 8.68. The Balaban J connectivity index is 5.35. The van der Waals surface area contributed by atoms with Gasteiger partial charge in [-0.05, 0) is 63.0 Å². The van der Waals surface area contributed by atoms with E-state index in [1.807, 2.05) is 13.8 Å². The molecular formula is C22H48O4Si2. The first kappa shape index (κ1) is 27.8. The van der Waals surface area contributed by atoms with Crippen LogP contribution in [0.5, 0.6) is 0 Å². The molecule has 168 valence electrons. The summed E-state index contributed by atoms with van der Waals surface area (Å²) < 4.78 is 18.5. The molecule has 0 aromatic rings. The Kier molecular flexibility index (Phi) is 10.2. The van der Waals surface area contributed by atoms with Crippen LogP contribution in [0.15, 0.2) is 0 Å². The molecule has 0 saturated heterocycles. The lowest BCUT2D eigenvalue weighted by Crippen LogP contribution is -2.47. The van der Waals surface area contributed by atoms with Crippen LogP contribution in [0.1, 0.15) is 75.2 Å². The number of hydrogen-bond acceptors (Lipinski definition) is 4. The molecule has 0 aliphatic carbocycles. The number of carbonyl (C=O) groups is 1. The lowest BCUT2D eigenvalue weighted by molar-refractivity contribution is -0.148. The third-order valence-corrected chi connectivity index (χ3v) is 15.6. The molecule has 0 heterocycles. The van der Waals surface area contributed by atoms with Gasteiger partial charge in [0.1, 0.15) is 0 Å². The predicted octanol–water partition coefficient (Wildman–Crippen LogP) is 6.77. The molecule has 0 aliphatic heterocycles. The number of ether oxygens (including phenoxy) is 1. The third-order valence-electron chi connectivity index (χ3n) is 6.47. The highest BCUT2D eigenvalue weighted by molar-refractivity contribution is 6.74. The van der Waals surface area contributed by atoms with Crippen molar-refractivity contribution in [3.8, 4) is 0 Å². The topological polar surface area (TPSA) is 44.8 Å². The molecule has 0 aromatic carbocycles. The number of rotatable bonds is 10. The van der Waals surface area contributed by atoms with Crippen LogP contribution in [0.25, 0.3) is 0 Å². The largest absolute Gasteiger partial charge is 0.466 e. The summed E-state index contributed by atoms with van der Waals surface area (Å²) >= 11 is 0. The van der Waals surface area contributed by atoms with E-state index in [2.05, 4.69) is 74.7 Å². The minimum absolute atomic E-state index is 0.0000613. The average Bonchev–Trinajstić information content (AvgIpc) is 2.43. The van der Waals surface area contributed by atoms with E-state index in [-0.39, 0.29) is 34.2 Å². The molecule has 0 amide bonds. The Bertz CT molecular complexity index is 490. The van der Waals surface area contributed by atoms with Crippen LogP contribution in [0.2, 0.25) is 36.3 Å². The fraction of sp³-hybridized carbons (Fsp3) is 0.955. The Hall–Kier alpha value is -0.176. The number of esters is 1. The lowest BCUT2D eigenvalue weighted by Gasteiger charge is -2.42. The zero-order valence-electron chi connectivity index (χ0n) is 21.0. The smallest absolute Gasteiger partial charge is 0.308 e. The van der Waals surface area contributed by atoms with Crippen LogP contribution in [0, 0.1) is 5.92 Å². The van der Waals surface area contributed by atoms with Crippen molar-refractivity contribution in [3.63, 3.8) is 0 Å². The van der Waals surface area contributed by atoms with Gasteiger partial charge in [0.15, 0.2) is 16.6 Å². The van der Waals surface area contributed by atoms with Crippen LogP contribution >= 0.6 is 0 Å². The molecule has 0 aromatic heterocycles. The Morgan fingerprint density at radius 1 is 0.821 bits per heavy atom. The van der Waals surface area contributed by atoms with Gasteiger partial charge in [0.25, 0.3) is 0 Å². The van der Waals surface area contributed by atoms with Gasteiger partial charge >= 0.3 is 5.97 Å². The molecule has 0 aliphatic rings. The van der Waals surface area contributed by atoms with Crippen molar-refractivity contribution in [3.05, 3.63) is 0 Å². The standard InChI is InChI=1S/C22H48O4Si2/c1-14-24-20(23)17(2)15-19(26-28(12,13)22(7,8)9)16-18(3)25-27(10,11)21(4,5)6/h17-19H,14-16H2,1-13H3/t17-,18-,19+/m1/s1. The first-order valence-electron chi connectivity index (χ1n) is 10.9. The van der Waals surface area contributed by atoms with E-state index in [9.17, 15) is 4.79 Å². The molecule has 0 unspecified atom stereocenters. The molecule has 0 N–H and O–H groups in total. The van der Waals surface area contributed by atoms with Crippen molar-refractivity contribution in [1.29, 1.82) is 0 Å². The van der Waals surface area contributed by atoms with E-state index in [1.165, 1.54) is 0 Å². The van der Waals surface area contributed by atoms with E-state index in [4.69, 9.17) is 13.6 Å². The summed E-state index contributed by atoms with van der Waals surface area (Å²) in [5.74, 6) is -0.306. The molecule has 0 bridgehead atoms. The highest BCUT2D eigenvalue weighted by Crippen LogP contribution is 2.40. The van der Waals surface area contributed by atoms with Gasteiger partial charge in [0.2, 0.25) is 0 Å². The average molecular weight is 433 g/mol. The molecular weight excluding hydrogens is 384 g/mol. The molecule has 4 nitrogen and oxygen atoms in total. The quantitative estimate of drug-likeness (QED) is 0.282. The van der Waals surface area contributed by atoms with Crippen LogP contribution in [-0.2, 0) is 18.4 Å². The van der Waals surface area contributed by atoms with Crippen molar-refractivity contribution in [2.75, 3.05) is 6.61 Å². The maximum Gasteiger partial charge on any atom is 0.308 e. The Labute approximate surface area is 177 Å². The van der Waals surface area contributed by atoms with Crippen molar-refractivity contribution in [2.45, 2.75) is 124 Å². The van der Waals surface area contributed by atoms with Crippen molar-refractivity contribution in [2.24, 2.45) is 5.92 Å². The first-order chi connectivity index (χ1) is 12.3. The van der Waals surface area contributed by atoms with E-state index < -0.39 is 16.6 Å². The van der Waals surface area contributed by atoms with Crippen molar-refractivity contribution in [1.82, 2.24) is 0 Å². The van der Waals surface area contributed by atoms with Gasteiger partial charge in [-0.25, -0.2) is 0 Å². The second kappa shape index (κ2) is 10.2. The minimum atomic E-state index is -1.95. The zero-order chi connectivity index (χ0) is 22.6.